The molecule has 0 spiro atoms. The van der Waals surface area contributed by atoms with Crippen molar-refractivity contribution in [2.45, 2.75) is 25.1 Å². The molecule has 3 aromatic rings. The summed E-state index contributed by atoms with van der Waals surface area (Å²) in [6, 6.07) is 19.6. The molecular weight excluding hydrogens is 492 g/mol. The van der Waals surface area contributed by atoms with Crippen LogP contribution in [0.4, 0.5) is 10.6 Å². The summed E-state index contributed by atoms with van der Waals surface area (Å²) in [7, 11) is 1.24. The van der Waals surface area contributed by atoms with Crippen LogP contribution in [-0.4, -0.2) is 65.3 Å². The molecule has 1 saturated heterocycles. The van der Waals surface area contributed by atoms with Gasteiger partial charge in [-0.3, -0.25) is 19.5 Å². The maximum atomic E-state index is 12.9. The highest BCUT2D eigenvalue weighted by atomic mass is 16.6. The first kappa shape index (κ1) is 26.6. The summed E-state index contributed by atoms with van der Waals surface area (Å²) < 4.78 is 16.8. The number of benzene rings is 2. The van der Waals surface area contributed by atoms with Crippen LogP contribution in [0.5, 0.6) is 0 Å². The molecule has 4 rings (SSSR count). The minimum atomic E-state index is -0.797. The van der Waals surface area contributed by atoms with Gasteiger partial charge in [0.15, 0.2) is 6.10 Å². The average molecular weight is 521 g/mol. The summed E-state index contributed by atoms with van der Waals surface area (Å²) in [6.07, 6.45) is 0.453. The predicted octanol–water partition coefficient (Wildman–Crippen LogP) is 2.37. The lowest BCUT2D eigenvalue weighted by atomic mass is 10.0. The van der Waals surface area contributed by atoms with Gasteiger partial charge in [-0.2, -0.15) is 4.98 Å². The fourth-order valence-electron chi connectivity index (χ4n) is 4.07. The Morgan fingerprint density at radius 3 is 2.29 bits per heavy atom. The van der Waals surface area contributed by atoms with Gasteiger partial charge in [0.25, 0.3) is 0 Å². The SMILES string of the molecule is COC(=O)CN(C(=O)Cn1ccc(NC(=O)OC(c2ccccc2)c2ccccc2)nc1=O)C1CCOC1. The number of rotatable bonds is 9. The van der Waals surface area contributed by atoms with E-state index in [1.165, 1.54) is 24.3 Å². The Bertz CT molecular complexity index is 1270. The molecule has 198 valence electrons. The highest BCUT2D eigenvalue weighted by Crippen LogP contribution is 2.26. The highest BCUT2D eigenvalue weighted by molar-refractivity contribution is 5.84. The summed E-state index contributed by atoms with van der Waals surface area (Å²) in [6.45, 7) is 0.186. The number of amides is 2. The van der Waals surface area contributed by atoms with E-state index >= 15 is 0 Å². The van der Waals surface area contributed by atoms with E-state index in [2.05, 4.69) is 10.3 Å². The van der Waals surface area contributed by atoms with Gasteiger partial charge < -0.3 is 19.1 Å². The Morgan fingerprint density at radius 1 is 1.08 bits per heavy atom. The van der Waals surface area contributed by atoms with Gasteiger partial charge in [0.05, 0.1) is 19.8 Å². The molecule has 1 unspecified atom stereocenters. The largest absolute Gasteiger partial charge is 0.468 e. The molecular formula is C27H28N4O7. The van der Waals surface area contributed by atoms with Crippen molar-refractivity contribution in [2.24, 2.45) is 0 Å². The van der Waals surface area contributed by atoms with Crippen molar-refractivity contribution < 1.29 is 28.6 Å². The van der Waals surface area contributed by atoms with Crippen molar-refractivity contribution in [2.75, 3.05) is 32.2 Å². The Balaban J connectivity index is 1.43. The first-order chi connectivity index (χ1) is 18.4. The second-order valence-corrected chi connectivity index (χ2v) is 8.57. The topological polar surface area (TPSA) is 129 Å². The van der Waals surface area contributed by atoms with E-state index in [4.69, 9.17) is 14.2 Å². The number of anilines is 1. The normalized spacial score (nSPS) is 14.6. The van der Waals surface area contributed by atoms with Crippen LogP contribution in [0.3, 0.4) is 0 Å². The van der Waals surface area contributed by atoms with Gasteiger partial charge in [-0.25, -0.2) is 9.59 Å². The number of carbonyl (C=O) groups is 3. The van der Waals surface area contributed by atoms with Crippen LogP contribution in [-0.2, 0) is 30.3 Å². The molecule has 11 nitrogen and oxygen atoms in total. The molecule has 11 heteroatoms. The van der Waals surface area contributed by atoms with E-state index in [0.717, 1.165) is 15.7 Å². The maximum absolute atomic E-state index is 12.9. The van der Waals surface area contributed by atoms with Crippen LogP contribution in [0.15, 0.2) is 77.7 Å². The number of nitrogens with one attached hydrogen (secondary N) is 1. The molecule has 0 radical (unpaired) electrons. The third-order valence-corrected chi connectivity index (χ3v) is 6.03. The molecule has 2 aromatic carbocycles. The van der Waals surface area contributed by atoms with Crippen molar-refractivity contribution in [1.29, 1.82) is 0 Å². The molecule has 1 fully saturated rings. The van der Waals surface area contributed by atoms with Gasteiger partial charge in [-0.05, 0) is 23.6 Å². The van der Waals surface area contributed by atoms with E-state index < -0.39 is 29.8 Å². The Hall–Kier alpha value is -4.51. The van der Waals surface area contributed by atoms with E-state index in [1.807, 2.05) is 60.7 Å². The number of nitrogens with zero attached hydrogens (tertiary/aromatic N) is 3. The standard InChI is InChI=1S/C27H28N4O7/c1-36-24(33)17-31(21-13-15-37-18-21)23(32)16-30-14-12-22(28-26(30)34)29-27(35)38-25(19-8-4-2-5-9-19)20-10-6-3-7-11-20/h2-12,14,21,25H,13,15-18H2,1H3,(H,28,29,34,35). The van der Waals surface area contributed by atoms with Gasteiger partial charge in [-0.15, -0.1) is 0 Å². The number of ether oxygens (including phenoxy) is 3. The summed E-state index contributed by atoms with van der Waals surface area (Å²) >= 11 is 0. The number of esters is 1. The lowest BCUT2D eigenvalue weighted by Crippen LogP contribution is -2.46. The predicted molar refractivity (Wildman–Crippen MR) is 136 cm³/mol. The molecule has 2 amide bonds. The molecule has 1 aliphatic rings. The van der Waals surface area contributed by atoms with Gasteiger partial charge >= 0.3 is 17.8 Å². The first-order valence-corrected chi connectivity index (χ1v) is 12.0. The van der Waals surface area contributed by atoms with Crippen LogP contribution in [0.1, 0.15) is 23.7 Å². The zero-order chi connectivity index (χ0) is 26.9. The van der Waals surface area contributed by atoms with Crippen molar-refractivity contribution in [3.63, 3.8) is 0 Å². The maximum Gasteiger partial charge on any atom is 0.413 e. The molecule has 1 N–H and O–H groups in total. The van der Waals surface area contributed by atoms with E-state index in [-0.39, 0.29) is 24.9 Å². The van der Waals surface area contributed by atoms with Gasteiger partial charge in [0.1, 0.15) is 18.9 Å². The molecule has 1 atom stereocenters. The molecule has 2 heterocycles. The summed E-state index contributed by atoms with van der Waals surface area (Å²) in [4.78, 5) is 55.3. The zero-order valence-corrected chi connectivity index (χ0v) is 20.8. The third kappa shape index (κ3) is 6.83. The average Bonchev–Trinajstić information content (AvgIpc) is 3.47. The quantitative estimate of drug-likeness (QED) is 0.426. The summed E-state index contributed by atoms with van der Waals surface area (Å²) in [5.74, 6) is -1.05. The van der Waals surface area contributed by atoms with E-state index in [9.17, 15) is 19.2 Å². The molecule has 1 aromatic heterocycles. The van der Waals surface area contributed by atoms with Crippen LogP contribution in [0.2, 0.25) is 0 Å². The van der Waals surface area contributed by atoms with Crippen LogP contribution in [0, 0.1) is 0 Å². The monoisotopic (exact) mass is 520 g/mol. The minimum absolute atomic E-state index is 0.0285. The second-order valence-electron chi connectivity index (χ2n) is 8.57. The Kier molecular flexibility index (Phi) is 8.83. The smallest absolute Gasteiger partial charge is 0.413 e. The fraction of sp³-hybridized carbons (Fsp3) is 0.296. The molecule has 38 heavy (non-hydrogen) atoms. The van der Waals surface area contributed by atoms with Gasteiger partial charge in [-0.1, -0.05) is 60.7 Å². The number of methoxy groups -OCH3 is 1. The number of hydrogen-bond donors (Lipinski definition) is 1. The van der Waals surface area contributed by atoms with E-state index in [0.29, 0.717) is 19.6 Å². The van der Waals surface area contributed by atoms with Crippen LogP contribution in [0.25, 0.3) is 0 Å². The molecule has 0 saturated carbocycles. The summed E-state index contributed by atoms with van der Waals surface area (Å²) in [5, 5.41) is 2.48. The number of hydrogen-bond acceptors (Lipinski definition) is 8. The van der Waals surface area contributed by atoms with Crippen molar-refractivity contribution in [3.05, 3.63) is 94.5 Å². The van der Waals surface area contributed by atoms with Crippen molar-refractivity contribution in [1.82, 2.24) is 14.5 Å². The Labute approximate surface area is 218 Å². The zero-order valence-electron chi connectivity index (χ0n) is 20.8. The highest BCUT2D eigenvalue weighted by Gasteiger charge is 2.29. The molecule has 0 bridgehead atoms. The fourth-order valence-corrected chi connectivity index (χ4v) is 4.07. The lowest BCUT2D eigenvalue weighted by molar-refractivity contribution is -0.148. The van der Waals surface area contributed by atoms with Gasteiger partial charge in [0, 0.05) is 12.8 Å². The summed E-state index contributed by atoms with van der Waals surface area (Å²) in [5.41, 5.74) is 0.805. The van der Waals surface area contributed by atoms with Crippen LogP contribution >= 0.6 is 0 Å². The van der Waals surface area contributed by atoms with Gasteiger partial charge in [0.2, 0.25) is 5.91 Å². The molecule has 0 aliphatic carbocycles. The van der Waals surface area contributed by atoms with E-state index in [1.54, 1.807) is 0 Å². The third-order valence-electron chi connectivity index (χ3n) is 6.03. The minimum Gasteiger partial charge on any atom is -0.468 e. The molecule has 1 aliphatic heterocycles. The first-order valence-electron chi connectivity index (χ1n) is 12.0. The Morgan fingerprint density at radius 2 is 1.74 bits per heavy atom. The number of carbonyl (C=O) groups excluding carboxylic acids is 3. The second kappa shape index (κ2) is 12.6. The van der Waals surface area contributed by atoms with Crippen LogP contribution < -0.4 is 11.0 Å². The van der Waals surface area contributed by atoms with Crippen molar-refractivity contribution in [3.8, 4) is 0 Å². The van der Waals surface area contributed by atoms with Crippen molar-refractivity contribution >= 4 is 23.8 Å². The number of aromatic nitrogens is 2. The lowest BCUT2D eigenvalue weighted by Gasteiger charge is -2.27.